The highest BCUT2D eigenvalue weighted by molar-refractivity contribution is 6.53. The van der Waals surface area contributed by atoms with Gasteiger partial charge in [-0.05, 0) is 6.92 Å². The first-order valence-corrected chi connectivity index (χ1v) is 3.11. The van der Waals surface area contributed by atoms with E-state index in [0.29, 0.717) is 6.54 Å². The van der Waals surface area contributed by atoms with Crippen LogP contribution >= 0.6 is 23.2 Å². The van der Waals surface area contributed by atoms with Gasteiger partial charge in [-0.2, -0.15) is 0 Å². The molecule has 8 heavy (non-hydrogen) atoms. The fraction of sp³-hybridized carbons (Fsp3) is 0.750. The standard InChI is InChI=1S/C4H7Cl2NO/c1-2-7-4(8)3(5)6/h3H,2H2,1H3,(H,7,8). The van der Waals surface area contributed by atoms with Gasteiger partial charge < -0.3 is 5.32 Å². The summed E-state index contributed by atoms with van der Waals surface area (Å²) in [6.45, 7) is 2.36. The molecule has 0 atom stereocenters. The highest BCUT2D eigenvalue weighted by Gasteiger charge is 2.07. The van der Waals surface area contributed by atoms with Gasteiger partial charge in [0.15, 0.2) is 4.84 Å². The largest absolute Gasteiger partial charge is 0.354 e. The minimum Gasteiger partial charge on any atom is -0.354 e. The van der Waals surface area contributed by atoms with E-state index in [-0.39, 0.29) is 5.91 Å². The molecule has 0 aromatic heterocycles. The van der Waals surface area contributed by atoms with Crippen molar-refractivity contribution in [1.82, 2.24) is 5.32 Å². The first kappa shape index (κ1) is 8.05. The van der Waals surface area contributed by atoms with Crippen molar-refractivity contribution in [2.45, 2.75) is 11.8 Å². The van der Waals surface area contributed by atoms with Gasteiger partial charge in [0.2, 0.25) is 0 Å². The summed E-state index contributed by atoms with van der Waals surface area (Å²) in [7, 11) is 0. The summed E-state index contributed by atoms with van der Waals surface area (Å²) < 4.78 is 0. The van der Waals surface area contributed by atoms with Crippen LogP contribution < -0.4 is 5.32 Å². The van der Waals surface area contributed by atoms with E-state index in [1.807, 2.05) is 0 Å². The fourth-order valence-electron chi connectivity index (χ4n) is 0.251. The minimum absolute atomic E-state index is 0.337. The first-order chi connectivity index (χ1) is 3.68. The average molecular weight is 156 g/mol. The van der Waals surface area contributed by atoms with E-state index < -0.39 is 4.84 Å². The Morgan fingerprint density at radius 1 is 1.75 bits per heavy atom. The van der Waals surface area contributed by atoms with Gasteiger partial charge in [0.25, 0.3) is 5.91 Å². The monoisotopic (exact) mass is 155 g/mol. The number of carbonyl (C=O) groups excluding carboxylic acids is 1. The van der Waals surface area contributed by atoms with Crippen molar-refractivity contribution in [2.24, 2.45) is 0 Å². The van der Waals surface area contributed by atoms with E-state index in [1.54, 1.807) is 6.92 Å². The lowest BCUT2D eigenvalue weighted by Gasteiger charge is -1.98. The van der Waals surface area contributed by atoms with Gasteiger partial charge in [0.1, 0.15) is 0 Å². The first-order valence-electron chi connectivity index (χ1n) is 2.24. The average Bonchev–Trinajstić information content (AvgIpc) is 1.67. The molecular weight excluding hydrogens is 149 g/mol. The third-order valence-electron chi connectivity index (χ3n) is 0.549. The van der Waals surface area contributed by atoms with E-state index in [4.69, 9.17) is 23.2 Å². The molecule has 1 amide bonds. The van der Waals surface area contributed by atoms with E-state index in [1.165, 1.54) is 0 Å². The predicted molar refractivity (Wildman–Crippen MR) is 34.2 cm³/mol. The summed E-state index contributed by atoms with van der Waals surface area (Å²) in [4.78, 5) is 9.43. The van der Waals surface area contributed by atoms with Gasteiger partial charge in [0.05, 0.1) is 0 Å². The molecule has 2 nitrogen and oxygen atoms in total. The Morgan fingerprint density at radius 3 is 2.38 bits per heavy atom. The molecule has 48 valence electrons. The van der Waals surface area contributed by atoms with Crippen LogP contribution in [-0.2, 0) is 4.79 Å². The van der Waals surface area contributed by atoms with E-state index in [9.17, 15) is 4.79 Å². The van der Waals surface area contributed by atoms with Crippen molar-refractivity contribution >= 4 is 29.1 Å². The maximum Gasteiger partial charge on any atom is 0.253 e. The Labute approximate surface area is 58.2 Å². The summed E-state index contributed by atoms with van der Waals surface area (Å²) in [6.07, 6.45) is 0. The summed E-state index contributed by atoms with van der Waals surface area (Å²) in [6, 6.07) is 0. The smallest absolute Gasteiger partial charge is 0.253 e. The molecule has 0 fully saturated rings. The molecule has 0 aromatic carbocycles. The zero-order valence-corrected chi connectivity index (χ0v) is 5.96. The quantitative estimate of drug-likeness (QED) is 0.592. The molecule has 0 aliphatic carbocycles. The lowest BCUT2D eigenvalue weighted by molar-refractivity contribution is -0.119. The SMILES string of the molecule is CCNC(=O)C(Cl)Cl. The van der Waals surface area contributed by atoms with Gasteiger partial charge >= 0.3 is 0 Å². The summed E-state index contributed by atoms with van der Waals surface area (Å²) in [5.74, 6) is -0.337. The fourth-order valence-corrected chi connectivity index (χ4v) is 0.406. The summed E-state index contributed by atoms with van der Waals surface area (Å²) in [5, 5.41) is 2.44. The molecule has 0 heterocycles. The number of hydrogen-bond acceptors (Lipinski definition) is 1. The molecule has 0 spiro atoms. The second kappa shape index (κ2) is 3.98. The number of rotatable bonds is 2. The van der Waals surface area contributed by atoms with Crippen molar-refractivity contribution < 1.29 is 4.79 Å². The normalized spacial score (nSPS) is 9.50. The molecule has 0 unspecified atom stereocenters. The van der Waals surface area contributed by atoms with Crippen LogP contribution in [0.4, 0.5) is 0 Å². The van der Waals surface area contributed by atoms with Crippen LogP contribution in [0.3, 0.4) is 0 Å². The van der Waals surface area contributed by atoms with E-state index >= 15 is 0 Å². The Bertz CT molecular complexity index is 84.1. The Morgan fingerprint density at radius 2 is 2.25 bits per heavy atom. The molecule has 0 bridgehead atoms. The van der Waals surface area contributed by atoms with Gasteiger partial charge in [0, 0.05) is 6.54 Å². The number of amides is 1. The van der Waals surface area contributed by atoms with Crippen LogP contribution in [0.25, 0.3) is 0 Å². The number of hydrogen-bond donors (Lipinski definition) is 1. The lowest BCUT2D eigenvalue weighted by Crippen LogP contribution is -2.27. The second-order valence-corrected chi connectivity index (χ2v) is 2.29. The summed E-state index contributed by atoms with van der Waals surface area (Å²) >= 11 is 10.3. The Kier molecular flexibility index (Phi) is 4.01. The number of alkyl halides is 2. The molecule has 0 aliphatic rings. The second-order valence-electron chi connectivity index (χ2n) is 1.20. The molecule has 0 saturated heterocycles. The Balaban J connectivity index is 3.33. The van der Waals surface area contributed by atoms with Gasteiger partial charge in [-0.3, -0.25) is 4.79 Å². The molecule has 0 radical (unpaired) electrons. The topological polar surface area (TPSA) is 29.1 Å². The predicted octanol–water partition coefficient (Wildman–Crippen LogP) is 0.926. The lowest BCUT2D eigenvalue weighted by atomic mass is 10.6. The molecule has 4 heteroatoms. The third kappa shape index (κ3) is 3.10. The minimum atomic E-state index is -0.935. The molecule has 1 N–H and O–H groups in total. The molecule has 0 aliphatic heterocycles. The van der Waals surface area contributed by atoms with Gasteiger partial charge in [-0.25, -0.2) is 0 Å². The number of carbonyl (C=O) groups is 1. The van der Waals surface area contributed by atoms with Crippen molar-refractivity contribution in [3.05, 3.63) is 0 Å². The Hall–Kier alpha value is 0.0500. The molecule has 0 aromatic rings. The van der Waals surface area contributed by atoms with Crippen molar-refractivity contribution in [2.75, 3.05) is 6.54 Å². The number of nitrogens with one attached hydrogen (secondary N) is 1. The highest BCUT2D eigenvalue weighted by atomic mass is 35.5. The van der Waals surface area contributed by atoms with Crippen molar-refractivity contribution in [3.8, 4) is 0 Å². The van der Waals surface area contributed by atoms with Crippen LogP contribution in [0.2, 0.25) is 0 Å². The molecule has 0 saturated carbocycles. The molecule has 0 rings (SSSR count). The molecular formula is C4H7Cl2NO. The van der Waals surface area contributed by atoms with E-state index in [0.717, 1.165) is 0 Å². The highest BCUT2D eigenvalue weighted by Crippen LogP contribution is 1.99. The van der Waals surface area contributed by atoms with Crippen LogP contribution in [0.5, 0.6) is 0 Å². The summed E-state index contributed by atoms with van der Waals surface area (Å²) in [5.41, 5.74) is 0. The zero-order valence-electron chi connectivity index (χ0n) is 4.45. The maximum atomic E-state index is 10.4. The van der Waals surface area contributed by atoms with Crippen LogP contribution in [-0.4, -0.2) is 17.3 Å². The van der Waals surface area contributed by atoms with Crippen LogP contribution in [0.15, 0.2) is 0 Å². The van der Waals surface area contributed by atoms with Crippen LogP contribution in [0.1, 0.15) is 6.92 Å². The van der Waals surface area contributed by atoms with E-state index in [2.05, 4.69) is 5.32 Å². The maximum absolute atomic E-state index is 10.4. The zero-order chi connectivity index (χ0) is 6.57. The van der Waals surface area contributed by atoms with Gasteiger partial charge in [-0.1, -0.05) is 23.2 Å². The number of halogens is 2. The van der Waals surface area contributed by atoms with Crippen LogP contribution in [0, 0.1) is 0 Å². The third-order valence-corrected chi connectivity index (χ3v) is 0.946. The van der Waals surface area contributed by atoms with Gasteiger partial charge in [-0.15, -0.1) is 0 Å². The van der Waals surface area contributed by atoms with Crippen molar-refractivity contribution in [1.29, 1.82) is 0 Å². The van der Waals surface area contributed by atoms with Crippen molar-refractivity contribution in [3.63, 3.8) is 0 Å².